The molecule has 0 radical (unpaired) electrons. The van der Waals surface area contributed by atoms with Crippen molar-refractivity contribution in [2.24, 2.45) is 0 Å². The van der Waals surface area contributed by atoms with Crippen molar-refractivity contribution in [3.05, 3.63) is 65.9 Å². The molecule has 0 bridgehead atoms. The van der Waals surface area contributed by atoms with Gasteiger partial charge in [-0.25, -0.2) is 4.79 Å². The average Bonchev–Trinajstić information content (AvgIpc) is 3.30. The third-order valence-electron chi connectivity index (χ3n) is 5.50. The zero-order chi connectivity index (χ0) is 21.8. The van der Waals surface area contributed by atoms with E-state index in [1.165, 1.54) is 4.90 Å². The molecular weight excluding hydrogens is 392 g/mol. The normalized spacial score (nSPS) is 13.6. The Labute approximate surface area is 181 Å². The topological polar surface area (TPSA) is 83.4 Å². The van der Waals surface area contributed by atoms with Crippen LogP contribution in [0.15, 0.2) is 54.7 Å². The maximum Gasteiger partial charge on any atom is 0.324 e. The zero-order valence-corrected chi connectivity index (χ0v) is 17.6. The van der Waals surface area contributed by atoms with Gasteiger partial charge in [-0.1, -0.05) is 50.1 Å². The molecule has 1 saturated heterocycles. The molecule has 1 fully saturated rings. The molecule has 0 spiro atoms. The minimum atomic E-state index is -0.393. The van der Waals surface area contributed by atoms with E-state index in [1.54, 1.807) is 18.2 Å². The van der Waals surface area contributed by atoms with Crippen LogP contribution in [0.25, 0.3) is 10.9 Å². The molecular formula is C24H26N4O3. The van der Waals surface area contributed by atoms with Crippen LogP contribution in [0.1, 0.15) is 42.1 Å². The number of amides is 4. The molecule has 3 aromatic rings. The van der Waals surface area contributed by atoms with Gasteiger partial charge in [0, 0.05) is 29.3 Å². The molecule has 160 valence electrons. The minimum absolute atomic E-state index is 0.0254. The summed E-state index contributed by atoms with van der Waals surface area (Å²) in [5.74, 6) is -0.437. The van der Waals surface area contributed by atoms with Crippen molar-refractivity contribution in [3.63, 3.8) is 0 Å². The van der Waals surface area contributed by atoms with E-state index in [4.69, 9.17) is 0 Å². The third-order valence-corrected chi connectivity index (χ3v) is 5.50. The summed E-state index contributed by atoms with van der Waals surface area (Å²) in [6.07, 6.45) is 5.29. The number of carbonyl (C=O) groups is 3. The van der Waals surface area contributed by atoms with Crippen molar-refractivity contribution in [2.75, 3.05) is 11.9 Å². The Morgan fingerprint density at radius 1 is 1.10 bits per heavy atom. The number of para-hydroxylation sites is 1. The molecule has 1 aliphatic heterocycles. The van der Waals surface area contributed by atoms with Crippen molar-refractivity contribution in [3.8, 4) is 0 Å². The molecule has 1 aliphatic rings. The highest BCUT2D eigenvalue weighted by Gasteiger charge is 2.28. The van der Waals surface area contributed by atoms with Crippen molar-refractivity contribution in [1.29, 1.82) is 0 Å². The Morgan fingerprint density at radius 3 is 2.71 bits per heavy atom. The monoisotopic (exact) mass is 418 g/mol. The van der Waals surface area contributed by atoms with Gasteiger partial charge in [0.05, 0.1) is 18.7 Å². The van der Waals surface area contributed by atoms with Crippen molar-refractivity contribution < 1.29 is 14.4 Å². The lowest BCUT2D eigenvalue weighted by Crippen LogP contribution is -2.30. The van der Waals surface area contributed by atoms with Gasteiger partial charge in [0.15, 0.2) is 0 Å². The first-order valence-corrected chi connectivity index (χ1v) is 10.6. The second-order valence-electron chi connectivity index (χ2n) is 7.75. The summed E-state index contributed by atoms with van der Waals surface area (Å²) in [7, 11) is 0. The van der Waals surface area contributed by atoms with E-state index < -0.39 is 6.03 Å². The number of rotatable bonds is 8. The highest BCUT2D eigenvalue weighted by molar-refractivity contribution is 6.13. The smallest absolute Gasteiger partial charge is 0.324 e. The van der Waals surface area contributed by atoms with Gasteiger partial charge in [-0.05, 0) is 30.2 Å². The number of urea groups is 1. The van der Waals surface area contributed by atoms with Crippen LogP contribution >= 0.6 is 0 Å². The van der Waals surface area contributed by atoms with E-state index >= 15 is 0 Å². The lowest BCUT2D eigenvalue weighted by Gasteiger charge is -2.13. The minimum Gasteiger partial charge on any atom is -0.347 e. The Balaban J connectivity index is 1.53. The second kappa shape index (κ2) is 9.04. The number of unbranched alkanes of at least 4 members (excludes halogenated alkanes) is 2. The highest BCUT2D eigenvalue weighted by Crippen LogP contribution is 2.24. The first-order chi connectivity index (χ1) is 15.1. The van der Waals surface area contributed by atoms with E-state index in [1.807, 2.05) is 36.5 Å². The molecule has 0 atom stereocenters. The number of nitrogens with zero attached hydrogens (tertiary/aromatic N) is 2. The Hall–Kier alpha value is -3.61. The second-order valence-corrected chi connectivity index (χ2v) is 7.75. The summed E-state index contributed by atoms with van der Waals surface area (Å²) in [6, 6.07) is 14.8. The molecule has 7 heteroatoms. The van der Waals surface area contributed by atoms with E-state index in [9.17, 15) is 14.4 Å². The van der Waals surface area contributed by atoms with Crippen molar-refractivity contribution in [1.82, 2.24) is 14.8 Å². The number of nitrogens with one attached hydrogen (secondary N) is 2. The van der Waals surface area contributed by atoms with Crippen LogP contribution in [0.2, 0.25) is 0 Å². The molecule has 31 heavy (non-hydrogen) atoms. The predicted molar refractivity (Wildman–Crippen MR) is 120 cm³/mol. The molecule has 4 amide bonds. The first kappa shape index (κ1) is 20.7. The van der Waals surface area contributed by atoms with Crippen LogP contribution in [0.4, 0.5) is 10.5 Å². The van der Waals surface area contributed by atoms with Gasteiger partial charge >= 0.3 is 6.03 Å². The zero-order valence-electron chi connectivity index (χ0n) is 17.6. The molecule has 4 rings (SSSR count). The fourth-order valence-electron chi connectivity index (χ4n) is 3.89. The van der Waals surface area contributed by atoms with E-state index in [0.717, 1.165) is 42.3 Å². The van der Waals surface area contributed by atoms with Gasteiger partial charge in [-0.15, -0.1) is 0 Å². The van der Waals surface area contributed by atoms with Crippen LogP contribution in [-0.2, 0) is 17.9 Å². The summed E-state index contributed by atoms with van der Waals surface area (Å²) < 4.78 is 2.15. The van der Waals surface area contributed by atoms with E-state index in [-0.39, 0.29) is 24.9 Å². The molecule has 0 saturated carbocycles. The lowest BCUT2D eigenvalue weighted by atomic mass is 10.1. The standard InChI is InChI=1S/C24H26N4O3/c1-2-3-6-12-27-16-20(19-10-4-5-11-21(19)27)23(30)26-18-9-7-8-17(13-18)15-28-22(29)14-25-24(28)31/h4-5,7-11,13,16H,2-3,6,12,14-15H2,1H3,(H,25,31)(H,26,30). The number of hydrogen-bond donors (Lipinski definition) is 2. The first-order valence-electron chi connectivity index (χ1n) is 10.6. The summed E-state index contributed by atoms with van der Waals surface area (Å²) in [5, 5.41) is 6.40. The predicted octanol–water partition coefficient (Wildman–Crippen LogP) is 4.14. The van der Waals surface area contributed by atoms with Crippen molar-refractivity contribution in [2.45, 2.75) is 39.3 Å². The number of anilines is 1. The highest BCUT2D eigenvalue weighted by atomic mass is 16.2. The number of hydrogen-bond acceptors (Lipinski definition) is 3. The number of carbonyl (C=O) groups excluding carboxylic acids is 3. The molecule has 0 unspecified atom stereocenters. The van der Waals surface area contributed by atoms with Gasteiger partial charge in [0.25, 0.3) is 5.91 Å². The maximum absolute atomic E-state index is 13.1. The van der Waals surface area contributed by atoms with Gasteiger partial charge in [-0.2, -0.15) is 0 Å². The Kier molecular flexibility index (Phi) is 6.02. The maximum atomic E-state index is 13.1. The largest absolute Gasteiger partial charge is 0.347 e. The van der Waals surface area contributed by atoms with E-state index in [0.29, 0.717) is 11.3 Å². The van der Waals surface area contributed by atoms with Crippen LogP contribution in [-0.4, -0.2) is 33.9 Å². The molecule has 2 aromatic carbocycles. The summed E-state index contributed by atoms with van der Waals surface area (Å²) in [6.45, 7) is 3.25. The summed E-state index contributed by atoms with van der Waals surface area (Å²) in [5.41, 5.74) is 3.07. The lowest BCUT2D eigenvalue weighted by molar-refractivity contribution is -0.125. The fourth-order valence-corrected chi connectivity index (χ4v) is 3.89. The number of aryl methyl sites for hydroxylation is 1. The molecule has 2 heterocycles. The van der Waals surface area contributed by atoms with E-state index in [2.05, 4.69) is 22.1 Å². The van der Waals surface area contributed by atoms with Crippen LogP contribution < -0.4 is 10.6 Å². The van der Waals surface area contributed by atoms with Gasteiger partial charge in [-0.3, -0.25) is 14.5 Å². The molecule has 0 aliphatic carbocycles. The quantitative estimate of drug-likeness (QED) is 0.426. The SMILES string of the molecule is CCCCCn1cc(C(=O)Nc2cccc(CN3C(=O)CNC3=O)c2)c2ccccc21. The fraction of sp³-hybridized carbons (Fsp3) is 0.292. The number of imide groups is 1. The molecule has 7 nitrogen and oxygen atoms in total. The molecule has 2 N–H and O–H groups in total. The Bertz CT molecular complexity index is 1120. The summed E-state index contributed by atoms with van der Waals surface area (Å²) >= 11 is 0. The van der Waals surface area contributed by atoms with Crippen LogP contribution in [0.5, 0.6) is 0 Å². The van der Waals surface area contributed by atoms with Gasteiger partial charge in [0.1, 0.15) is 0 Å². The Morgan fingerprint density at radius 2 is 1.94 bits per heavy atom. The number of benzene rings is 2. The average molecular weight is 418 g/mol. The third kappa shape index (κ3) is 4.45. The molecule has 1 aromatic heterocycles. The van der Waals surface area contributed by atoms with Gasteiger partial charge in [0.2, 0.25) is 5.91 Å². The number of aromatic nitrogens is 1. The van der Waals surface area contributed by atoms with Gasteiger partial charge < -0.3 is 15.2 Å². The summed E-state index contributed by atoms with van der Waals surface area (Å²) in [4.78, 5) is 37.9. The van der Waals surface area contributed by atoms with Crippen molar-refractivity contribution >= 4 is 34.4 Å². The number of fused-ring (bicyclic) bond motifs is 1. The van der Waals surface area contributed by atoms with Crippen LogP contribution in [0.3, 0.4) is 0 Å². The van der Waals surface area contributed by atoms with Crippen LogP contribution in [0, 0.1) is 0 Å².